The molecule has 0 saturated carbocycles. The van der Waals surface area contributed by atoms with Crippen LogP contribution < -0.4 is 0 Å². The molecule has 0 radical (unpaired) electrons. The van der Waals surface area contributed by atoms with Gasteiger partial charge in [0.05, 0.1) is 6.61 Å². The fraction of sp³-hybridized carbons (Fsp3) is 0.250. The van der Waals surface area contributed by atoms with Crippen LogP contribution in [0.25, 0.3) is 0 Å². The smallest absolute Gasteiger partial charge is 0.342 e. The van der Waals surface area contributed by atoms with E-state index in [1.165, 1.54) is 6.08 Å². The predicted octanol–water partition coefficient (Wildman–Crippen LogP) is 3.33. The topological polar surface area (TPSA) is 43.4 Å². The fourth-order valence-electron chi connectivity index (χ4n) is 1.44. The van der Waals surface area contributed by atoms with Gasteiger partial charge in [0.25, 0.3) is 0 Å². The monoisotopic (exact) mass is 258 g/mol. The third-order valence-corrected chi connectivity index (χ3v) is 2.36. The van der Waals surface area contributed by atoms with Crippen LogP contribution in [0.4, 0.5) is 0 Å². The van der Waals surface area contributed by atoms with Gasteiger partial charge in [-0.15, -0.1) is 0 Å². The van der Waals surface area contributed by atoms with E-state index in [1.54, 1.807) is 37.3 Å². The number of ether oxygens (including phenoxy) is 1. The third-order valence-electron chi connectivity index (χ3n) is 2.36. The number of esters is 1. The molecule has 0 aliphatic carbocycles. The second kappa shape index (κ2) is 7.31. The van der Waals surface area contributed by atoms with Crippen molar-refractivity contribution >= 4 is 11.8 Å². The van der Waals surface area contributed by atoms with Gasteiger partial charge < -0.3 is 4.74 Å². The highest BCUT2D eigenvalue weighted by atomic mass is 16.5. The van der Waals surface area contributed by atoms with E-state index in [-0.39, 0.29) is 18.0 Å². The summed E-state index contributed by atoms with van der Waals surface area (Å²) in [6, 6.07) is 8.70. The number of hydrogen-bond acceptors (Lipinski definition) is 3. The average molecular weight is 258 g/mol. The Balaban J connectivity index is 3.10. The molecule has 0 spiro atoms. The summed E-state index contributed by atoms with van der Waals surface area (Å²) in [4.78, 5) is 24.1. The maximum Gasteiger partial charge on any atom is 0.342 e. The molecular weight excluding hydrogens is 240 g/mol. The van der Waals surface area contributed by atoms with Crippen molar-refractivity contribution in [2.75, 3.05) is 6.61 Å². The number of Topliss-reactive ketones (excluding diaryl/α,β-unsaturated/α-hetero) is 1. The largest absolute Gasteiger partial charge is 0.462 e. The van der Waals surface area contributed by atoms with Gasteiger partial charge in [-0.05, 0) is 26.8 Å². The van der Waals surface area contributed by atoms with Crippen molar-refractivity contribution in [3.05, 3.63) is 59.2 Å². The second-order valence-corrected chi connectivity index (χ2v) is 4.24. The first-order chi connectivity index (χ1) is 9.06. The van der Waals surface area contributed by atoms with Crippen LogP contribution in [0.15, 0.2) is 53.6 Å². The normalized spacial score (nSPS) is 10.8. The van der Waals surface area contributed by atoms with Gasteiger partial charge in [-0.1, -0.05) is 42.0 Å². The van der Waals surface area contributed by atoms with Crippen LogP contribution >= 0.6 is 0 Å². The third kappa shape index (κ3) is 4.54. The Kier molecular flexibility index (Phi) is 5.73. The molecule has 1 aromatic carbocycles. The zero-order chi connectivity index (χ0) is 14.3. The van der Waals surface area contributed by atoms with Crippen molar-refractivity contribution in [1.29, 1.82) is 0 Å². The lowest BCUT2D eigenvalue weighted by atomic mass is 10.0. The molecule has 0 fully saturated rings. The summed E-state index contributed by atoms with van der Waals surface area (Å²) in [7, 11) is 0. The van der Waals surface area contributed by atoms with Crippen LogP contribution in [0.3, 0.4) is 0 Å². The van der Waals surface area contributed by atoms with Crippen LogP contribution in [0.2, 0.25) is 0 Å². The molecule has 0 atom stereocenters. The number of ketones is 1. The van der Waals surface area contributed by atoms with E-state index in [2.05, 4.69) is 0 Å². The predicted molar refractivity (Wildman–Crippen MR) is 74.9 cm³/mol. The van der Waals surface area contributed by atoms with Gasteiger partial charge in [0, 0.05) is 5.56 Å². The molecule has 1 aromatic rings. The van der Waals surface area contributed by atoms with Gasteiger partial charge in [-0.2, -0.15) is 0 Å². The molecular formula is C16H18O3. The molecule has 0 N–H and O–H groups in total. The van der Waals surface area contributed by atoms with Gasteiger partial charge in [0.2, 0.25) is 0 Å². The first-order valence-electron chi connectivity index (χ1n) is 6.18. The van der Waals surface area contributed by atoms with E-state index in [1.807, 2.05) is 19.9 Å². The first-order valence-corrected chi connectivity index (χ1v) is 6.18. The summed E-state index contributed by atoms with van der Waals surface area (Å²) in [5.41, 5.74) is 1.53. The molecule has 0 unspecified atom stereocenters. The highest BCUT2D eigenvalue weighted by molar-refractivity contribution is 6.24. The van der Waals surface area contributed by atoms with Crippen LogP contribution in [-0.4, -0.2) is 18.4 Å². The number of carbonyl (C=O) groups is 2. The van der Waals surface area contributed by atoms with Crippen molar-refractivity contribution in [1.82, 2.24) is 0 Å². The summed E-state index contributed by atoms with van der Waals surface area (Å²) in [5.74, 6) is -0.912. The zero-order valence-electron chi connectivity index (χ0n) is 11.5. The summed E-state index contributed by atoms with van der Waals surface area (Å²) in [5, 5.41) is 0. The number of allylic oxidation sites excluding steroid dienone is 3. The summed E-state index contributed by atoms with van der Waals surface area (Å²) in [6.07, 6.45) is 3.25. The standard InChI is InChI=1S/C16H18O3/c1-4-19-16(18)14(11-10-12(2)3)15(17)13-8-6-5-7-9-13/h5-11H,4H2,1-3H3/b14-11+. The number of rotatable bonds is 5. The Bertz CT molecular complexity index is 506. The van der Waals surface area contributed by atoms with Crippen molar-refractivity contribution in [2.45, 2.75) is 20.8 Å². The Morgan fingerprint density at radius 3 is 2.26 bits per heavy atom. The minimum Gasteiger partial charge on any atom is -0.462 e. The van der Waals surface area contributed by atoms with Gasteiger partial charge in [-0.25, -0.2) is 4.79 Å². The van der Waals surface area contributed by atoms with Gasteiger partial charge in [-0.3, -0.25) is 4.79 Å². The van der Waals surface area contributed by atoms with E-state index in [9.17, 15) is 9.59 Å². The summed E-state index contributed by atoms with van der Waals surface area (Å²) in [6.45, 7) is 5.75. The van der Waals surface area contributed by atoms with Crippen molar-refractivity contribution < 1.29 is 14.3 Å². The second-order valence-electron chi connectivity index (χ2n) is 4.24. The maximum atomic E-state index is 12.3. The molecule has 100 valence electrons. The van der Waals surface area contributed by atoms with Crippen LogP contribution in [0.1, 0.15) is 31.1 Å². The Labute approximate surface area is 113 Å². The Morgan fingerprint density at radius 2 is 1.74 bits per heavy atom. The van der Waals surface area contributed by atoms with E-state index >= 15 is 0 Å². The van der Waals surface area contributed by atoms with E-state index in [0.29, 0.717) is 5.56 Å². The van der Waals surface area contributed by atoms with E-state index in [4.69, 9.17) is 4.74 Å². The molecule has 0 aromatic heterocycles. The maximum absolute atomic E-state index is 12.3. The van der Waals surface area contributed by atoms with Crippen molar-refractivity contribution in [2.24, 2.45) is 0 Å². The zero-order valence-corrected chi connectivity index (χ0v) is 11.5. The molecule has 0 heterocycles. The van der Waals surface area contributed by atoms with Gasteiger partial charge in [0.1, 0.15) is 5.57 Å². The van der Waals surface area contributed by atoms with Crippen LogP contribution in [-0.2, 0) is 9.53 Å². The highest BCUT2D eigenvalue weighted by Gasteiger charge is 2.20. The van der Waals surface area contributed by atoms with Gasteiger partial charge >= 0.3 is 5.97 Å². The molecule has 0 aliphatic heterocycles. The lowest BCUT2D eigenvalue weighted by Crippen LogP contribution is -2.16. The molecule has 3 heteroatoms. The fourth-order valence-corrected chi connectivity index (χ4v) is 1.44. The van der Waals surface area contributed by atoms with Gasteiger partial charge in [0.15, 0.2) is 5.78 Å². The average Bonchev–Trinajstić information content (AvgIpc) is 2.39. The molecule has 0 aliphatic rings. The summed E-state index contributed by atoms with van der Waals surface area (Å²) >= 11 is 0. The minimum atomic E-state index is -0.589. The molecule has 0 bridgehead atoms. The lowest BCUT2D eigenvalue weighted by molar-refractivity contribution is -0.138. The Hall–Kier alpha value is -2.16. The highest BCUT2D eigenvalue weighted by Crippen LogP contribution is 2.11. The quantitative estimate of drug-likeness (QED) is 0.203. The lowest BCUT2D eigenvalue weighted by Gasteiger charge is -2.05. The SMILES string of the molecule is CCOC(=O)/C(=C/C=C(C)C)C(=O)c1ccccc1. The van der Waals surface area contributed by atoms with Crippen molar-refractivity contribution in [3.8, 4) is 0 Å². The van der Waals surface area contributed by atoms with Crippen molar-refractivity contribution in [3.63, 3.8) is 0 Å². The van der Waals surface area contributed by atoms with Crippen LogP contribution in [0, 0.1) is 0 Å². The van der Waals surface area contributed by atoms with E-state index < -0.39 is 5.97 Å². The van der Waals surface area contributed by atoms with E-state index in [0.717, 1.165) is 5.57 Å². The minimum absolute atomic E-state index is 0.0502. The van der Waals surface area contributed by atoms with Crippen LogP contribution in [0.5, 0.6) is 0 Å². The molecule has 1 rings (SSSR count). The molecule has 0 amide bonds. The summed E-state index contributed by atoms with van der Waals surface area (Å²) < 4.78 is 4.92. The molecule has 19 heavy (non-hydrogen) atoms. The molecule has 3 nitrogen and oxygen atoms in total. The number of carbonyl (C=O) groups excluding carboxylic acids is 2. The number of hydrogen-bond donors (Lipinski definition) is 0. The molecule has 0 saturated heterocycles. The Morgan fingerprint density at radius 1 is 1.11 bits per heavy atom. The number of benzene rings is 1. The first kappa shape index (κ1) is 14.9.